The van der Waals surface area contributed by atoms with Crippen molar-refractivity contribution in [3.05, 3.63) is 31.8 Å². The van der Waals surface area contributed by atoms with Crippen molar-refractivity contribution < 1.29 is 0 Å². The van der Waals surface area contributed by atoms with E-state index in [-0.39, 0.29) is 6.04 Å². The van der Waals surface area contributed by atoms with E-state index in [1.54, 1.807) is 0 Å². The van der Waals surface area contributed by atoms with Crippen molar-refractivity contribution >= 4 is 38.5 Å². The lowest BCUT2D eigenvalue weighted by Gasteiger charge is -2.18. The third kappa shape index (κ3) is 5.24. The van der Waals surface area contributed by atoms with E-state index < -0.39 is 0 Å². The number of hydrazine groups is 1. The van der Waals surface area contributed by atoms with Gasteiger partial charge < -0.3 is 0 Å². The van der Waals surface area contributed by atoms with Crippen molar-refractivity contribution in [1.29, 1.82) is 0 Å². The van der Waals surface area contributed by atoms with Gasteiger partial charge in [-0.15, -0.1) is 0 Å². The van der Waals surface area contributed by atoms with Gasteiger partial charge in [0.05, 0.1) is 0 Å². The van der Waals surface area contributed by atoms with Crippen molar-refractivity contribution in [3.63, 3.8) is 0 Å². The topological polar surface area (TPSA) is 38.0 Å². The molecule has 1 aromatic carbocycles. The van der Waals surface area contributed by atoms with Gasteiger partial charge in [-0.1, -0.05) is 42.6 Å². The fraction of sp³-hybridized carbons (Fsp3) is 0.538. The average Bonchev–Trinajstić information content (AvgIpc) is 2.28. The monoisotopic (exact) mass is 410 g/mol. The lowest BCUT2D eigenvalue weighted by atomic mass is 9.98. The number of halogens is 2. The van der Waals surface area contributed by atoms with E-state index in [1.807, 2.05) is 0 Å². The molecule has 1 unspecified atom stereocenters. The van der Waals surface area contributed by atoms with E-state index in [0.717, 1.165) is 16.8 Å². The fourth-order valence-corrected chi connectivity index (χ4v) is 2.88. The minimum Gasteiger partial charge on any atom is -0.271 e. The maximum atomic E-state index is 5.67. The summed E-state index contributed by atoms with van der Waals surface area (Å²) < 4.78 is 2.37. The van der Waals surface area contributed by atoms with Crippen LogP contribution in [0.5, 0.6) is 0 Å². The maximum Gasteiger partial charge on any atom is 0.0471 e. The zero-order valence-corrected chi connectivity index (χ0v) is 14.1. The third-order valence-electron chi connectivity index (χ3n) is 2.81. The highest BCUT2D eigenvalue weighted by molar-refractivity contribution is 14.1. The Morgan fingerprint density at radius 3 is 2.65 bits per heavy atom. The highest BCUT2D eigenvalue weighted by Crippen LogP contribution is 2.28. The molecule has 96 valence electrons. The first kappa shape index (κ1) is 15.4. The van der Waals surface area contributed by atoms with Crippen molar-refractivity contribution in [1.82, 2.24) is 5.43 Å². The van der Waals surface area contributed by atoms with Crippen molar-refractivity contribution in [2.45, 2.75) is 39.2 Å². The number of hydrogen-bond acceptors (Lipinski definition) is 2. The van der Waals surface area contributed by atoms with E-state index in [1.165, 1.54) is 22.0 Å². The van der Waals surface area contributed by atoms with E-state index in [2.05, 4.69) is 76.0 Å². The summed E-state index contributed by atoms with van der Waals surface area (Å²) in [6.45, 7) is 4.51. The van der Waals surface area contributed by atoms with Crippen molar-refractivity contribution in [3.8, 4) is 0 Å². The van der Waals surface area contributed by atoms with Gasteiger partial charge in [0, 0.05) is 14.1 Å². The summed E-state index contributed by atoms with van der Waals surface area (Å²) in [6.07, 6.45) is 3.53. The zero-order chi connectivity index (χ0) is 12.8. The molecule has 0 saturated heterocycles. The minimum atomic E-state index is 0.234. The molecule has 1 aromatic rings. The highest BCUT2D eigenvalue weighted by atomic mass is 127. The molecule has 0 amide bonds. The number of rotatable bonds is 6. The van der Waals surface area contributed by atoms with Gasteiger partial charge in [-0.2, -0.15) is 0 Å². The summed E-state index contributed by atoms with van der Waals surface area (Å²) in [5, 5.41) is 0. The molecular weight excluding hydrogens is 391 g/mol. The number of hydrogen-bond donors (Lipinski definition) is 2. The molecule has 0 aliphatic rings. The van der Waals surface area contributed by atoms with Gasteiger partial charge in [-0.25, -0.2) is 0 Å². The van der Waals surface area contributed by atoms with Crippen molar-refractivity contribution in [2.24, 2.45) is 11.8 Å². The van der Waals surface area contributed by atoms with Crippen LogP contribution in [0.3, 0.4) is 0 Å². The Morgan fingerprint density at radius 1 is 1.35 bits per heavy atom. The van der Waals surface area contributed by atoms with Crippen LogP contribution in [0.25, 0.3) is 0 Å². The highest BCUT2D eigenvalue weighted by Gasteiger charge is 2.13. The van der Waals surface area contributed by atoms with E-state index in [0.29, 0.717) is 0 Å². The Kier molecular flexibility index (Phi) is 6.99. The summed E-state index contributed by atoms with van der Waals surface area (Å²) in [5.41, 5.74) is 4.18. The SMILES string of the molecule is CC(C)CCCC(NN)c1cc(I)ccc1Br. The Bertz CT molecular complexity index is 355. The summed E-state index contributed by atoms with van der Waals surface area (Å²) in [4.78, 5) is 0. The molecule has 0 heterocycles. The molecule has 0 aromatic heterocycles. The molecule has 3 N–H and O–H groups in total. The first-order valence-electron chi connectivity index (χ1n) is 5.95. The van der Waals surface area contributed by atoms with Gasteiger partial charge in [-0.05, 0) is 58.7 Å². The summed E-state index contributed by atoms with van der Waals surface area (Å²) >= 11 is 5.92. The normalized spacial score (nSPS) is 13.1. The predicted molar refractivity (Wildman–Crippen MR) is 85.6 cm³/mol. The molecule has 0 spiro atoms. The molecular formula is C13H20BrIN2. The molecule has 0 radical (unpaired) electrons. The smallest absolute Gasteiger partial charge is 0.0471 e. The fourth-order valence-electron chi connectivity index (χ4n) is 1.84. The molecule has 0 aliphatic carbocycles. The molecule has 0 bridgehead atoms. The largest absolute Gasteiger partial charge is 0.271 e. The third-order valence-corrected chi connectivity index (χ3v) is 4.20. The first-order valence-corrected chi connectivity index (χ1v) is 7.82. The number of benzene rings is 1. The average molecular weight is 411 g/mol. The van der Waals surface area contributed by atoms with Crippen LogP contribution in [0.1, 0.15) is 44.7 Å². The Morgan fingerprint density at radius 2 is 2.06 bits per heavy atom. The number of nitrogens with one attached hydrogen (secondary N) is 1. The summed E-state index contributed by atoms with van der Waals surface area (Å²) in [5.74, 6) is 6.42. The Labute approximate surface area is 126 Å². The summed E-state index contributed by atoms with van der Waals surface area (Å²) in [7, 11) is 0. The van der Waals surface area contributed by atoms with Crippen LogP contribution < -0.4 is 11.3 Å². The predicted octanol–water partition coefficient (Wildman–Crippen LogP) is 4.38. The second kappa shape index (κ2) is 7.71. The van der Waals surface area contributed by atoms with Gasteiger partial charge in [0.25, 0.3) is 0 Å². The van der Waals surface area contributed by atoms with Gasteiger partial charge in [-0.3, -0.25) is 11.3 Å². The molecule has 0 aliphatic heterocycles. The van der Waals surface area contributed by atoms with Crippen LogP contribution in [0.2, 0.25) is 0 Å². The molecule has 0 fully saturated rings. The maximum absolute atomic E-state index is 5.67. The standard InChI is InChI=1S/C13H20BrIN2/c1-9(2)4-3-5-13(17-16)11-8-10(15)6-7-12(11)14/h6-9,13,17H,3-5,16H2,1-2H3. The molecule has 1 rings (SSSR count). The van der Waals surface area contributed by atoms with Crippen molar-refractivity contribution in [2.75, 3.05) is 0 Å². The van der Waals surface area contributed by atoms with Gasteiger partial charge in [0.2, 0.25) is 0 Å². The molecule has 4 heteroatoms. The second-order valence-corrected chi connectivity index (χ2v) is 6.81. The van der Waals surface area contributed by atoms with E-state index in [9.17, 15) is 0 Å². The lowest BCUT2D eigenvalue weighted by Crippen LogP contribution is -2.28. The van der Waals surface area contributed by atoms with Gasteiger partial charge in [0.15, 0.2) is 0 Å². The van der Waals surface area contributed by atoms with Crippen LogP contribution in [0.4, 0.5) is 0 Å². The van der Waals surface area contributed by atoms with Crippen LogP contribution >= 0.6 is 38.5 Å². The molecule has 0 saturated carbocycles. The van der Waals surface area contributed by atoms with E-state index in [4.69, 9.17) is 5.84 Å². The minimum absolute atomic E-state index is 0.234. The zero-order valence-electron chi connectivity index (χ0n) is 10.3. The summed E-state index contributed by atoms with van der Waals surface area (Å²) in [6, 6.07) is 6.60. The lowest BCUT2D eigenvalue weighted by molar-refractivity contribution is 0.454. The van der Waals surface area contributed by atoms with E-state index >= 15 is 0 Å². The molecule has 2 nitrogen and oxygen atoms in total. The molecule has 17 heavy (non-hydrogen) atoms. The molecule has 1 atom stereocenters. The Balaban J connectivity index is 2.68. The number of nitrogens with two attached hydrogens (primary N) is 1. The second-order valence-electron chi connectivity index (χ2n) is 4.71. The van der Waals surface area contributed by atoms with Gasteiger partial charge in [0.1, 0.15) is 0 Å². The van der Waals surface area contributed by atoms with Crippen LogP contribution in [0, 0.1) is 9.49 Å². The van der Waals surface area contributed by atoms with Gasteiger partial charge >= 0.3 is 0 Å². The first-order chi connectivity index (χ1) is 8.04. The van der Waals surface area contributed by atoms with Crippen LogP contribution in [0.15, 0.2) is 22.7 Å². The quantitative estimate of drug-likeness (QED) is 0.414. The van der Waals surface area contributed by atoms with Crippen LogP contribution in [-0.4, -0.2) is 0 Å². The van der Waals surface area contributed by atoms with Crippen LogP contribution in [-0.2, 0) is 0 Å². The Hall–Kier alpha value is 0.350.